The monoisotopic (exact) mass is 406 g/mol. The lowest BCUT2D eigenvalue weighted by Gasteiger charge is -2.35. The summed E-state index contributed by atoms with van der Waals surface area (Å²) in [6.07, 6.45) is 0.667. The highest BCUT2D eigenvalue weighted by Crippen LogP contribution is 2.38. The van der Waals surface area contributed by atoms with Crippen molar-refractivity contribution in [3.05, 3.63) is 65.2 Å². The van der Waals surface area contributed by atoms with Gasteiger partial charge in [-0.15, -0.1) is 0 Å². The lowest BCUT2D eigenvalue weighted by Crippen LogP contribution is -2.42. The molecular formula is C24H26N2O4. The van der Waals surface area contributed by atoms with Crippen molar-refractivity contribution in [3.63, 3.8) is 0 Å². The van der Waals surface area contributed by atoms with Crippen LogP contribution in [0.2, 0.25) is 0 Å². The average Bonchev–Trinajstić information content (AvgIpc) is 3.14. The molecule has 0 unspecified atom stereocenters. The van der Waals surface area contributed by atoms with E-state index in [9.17, 15) is 9.90 Å². The van der Waals surface area contributed by atoms with Crippen LogP contribution in [0.4, 0.5) is 0 Å². The molecule has 156 valence electrons. The van der Waals surface area contributed by atoms with Gasteiger partial charge < -0.3 is 14.6 Å². The van der Waals surface area contributed by atoms with Gasteiger partial charge in [-0.3, -0.25) is 4.90 Å². The number of rotatable bonds is 5. The van der Waals surface area contributed by atoms with E-state index >= 15 is 0 Å². The second kappa shape index (κ2) is 8.86. The van der Waals surface area contributed by atoms with E-state index < -0.39 is 12.1 Å². The van der Waals surface area contributed by atoms with Gasteiger partial charge >= 0.3 is 5.97 Å². The summed E-state index contributed by atoms with van der Waals surface area (Å²) in [4.78, 5) is 14.1. The minimum atomic E-state index is -0.533. The minimum absolute atomic E-state index is 0.291. The molecule has 1 aliphatic carbocycles. The number of hydrogen-bond acceptors (Lipinski definition) is 6. The molecule has 4 atom stereocenters. The van der Waals surface area contributed by atoms with Gasteiger partial charge in [-0.05, 0) is 60.6 Å². The Balaban J connectivity index is 1.39. The number of hydrogen-bond donors (Lipinski definition) is 1. The molecule has 0 radical (unpaired) electrons. The van der Waals surface area contributed by atoms with Crippen LogP contribution >= 0.6 is 0 Å². The maximum atomic E-state index is 11.7. The highest BCUT2D eigenvalue weighted by molar-refractivity contribution is 5.89. The topological polar surface area (TPSA) is 82.8 Å². The zero-order valence-electron chi connectivity index (χ0n) is 17.0. The van der Waals surface area contributed by atoms with Crippen LogP contribution in [-0.4, -0.2) is 48.4 Å². The molecule has 4 rings (SSSR count). The SMILES string of the molecule is COC(=O)c1cccc(O[C@@H]2C[C@@H]3CN(Cc4cccc(C#N)c4)C[C@@H]3C[C@H]2O)c1. The van der Waals surface area contributed by atoms with Gasteiger partial charge in [-0.1, -0.05) is 18.2 Å². The van der Waals surface area contributed by atoms with Crippen LogP contribution in [0, 0.1) is 23.2 Å². The number of benzene rings is 2. The standard InChI is InChI=1S/C24H26N2O4/c1-29-24(28)18-6-3-7-21(9-18)30-23-11-20-15-26(14-19(20)10-22(23)27)13-17-5-2-4-16(8-17)12-25/h2-9,19-20,22-23,27H,10-11,13-15H2,1H3/t19-,20+,22+,23+/m0/s1. The number of likely N-dealkylation sites (tertiary alicyclic amines) is 1. The highest BCUT2D eigenvalue weighted by Gasteiger charge is 2.42. The fourth-order valence-electron chi connectivity index (χ4n) is 4.73. The molecule has 2 aromatic rings. The predicted molar refractivity (Wildman–Crippen MR) is 111 cm³/mol. The van der Waals surface area contributed by atoms with Crippen molar-refractivity contribution in [2.45, 2.75) is 31.6 Å². The largest absolute Gasteiger partial charge is 0.488 e. The van der Waals surface area contributed by atoms with Gasteiger partial charge in [0.1, 0.15) is 11.9 Å². The summed E-state index contributed by atoms with van der Waals surface area (Å²) < 4.78 is 10.8. The Morgan fingerprint density at radius 2 is 1.93 bits per heavy atom. The van der Waals surface area contributed by atoms with Crippen LogP contribution in [0.3, 0.4) is 0 Å². The first-order valence-electron chi connectivity index (χ1n) is 10.3. The van der Waals surface area contributed by atoms with E-state index in [0.717, 1.165) is 31.6 Å². The summed E-state index contributed by atoms with van der Waals surface area (Å²) in [6.45, 7) is 2.71. The van der Waals surface area contributed by atoms with E-state index in [1.54, 1.807) is 24.3 Å². The van der Waals surface area contributed by atoms with Crippen LogP contribution in [0.5, 0.6) is 5.75 Å². The Kier molecular flexibility index (Phi) is 6.03. The summed E-state index contributed by atoms with van der Waals surface area (Å²) in [5.41, 5.74) is 2.26. The van der Waals surface area contributed by atoms with Gasteiger partial charge in [0.05, 0.1) is 30.4 Å². The Morgan fingerprint density at radius 3 is 2.70 bits per heavy atom. The van der Waals surface area contributed by atoms with Gasteiger partial charge in [0, 0.05) is 19.6 Å². The number of aliphatic hydroxyl groups is 1. The second-order valence-corrected chi connectivity index (χ2v) is 8.24. The molecule has 6 nitrogen and oxygen atoms in total. The fourth-order valence-corrected chi connectivity index (χ4v) is 4.73. The van der Waals surface area contributed by atoms with Gasteiger partial charge in [-0.25, -0.2) is 4.79 Å². The Hall–Kier alpha value is -2.88. The van der Waals surface area contributed by atoms with Gasteiger partial charge in [0.2, 0.25) is 0 Å². The zero-order valence-corrected chi connectivity index (χ0v) is 17.0. The van der Waals surface area contributed by atoms with Crippen LogP contribution in [0.1, 0.15) is 34.3 Å². The normalized spacial score (nSPS) is 25.9. The van der Waals surface area contributed by atoms with E-state index in [2.05, 4.69) is 17.0 Å². The van der Waals surface area contributed by atoms with Crippen LogP contribution in [-0.2, 0) is 11.3 Å². The number of nitrogens with zero attached hydrogens (tertiary/aromatic N) is 2. The third-order valence-corrected chi connectivity index (χ3v) is 6.17. The van der Waals surface area contributed by atoms with E-state index in [1.165, 1.54) is 7.11 Å². The number of methoxy groups -OCH3 is 1. The second-order valence-electron chi connectivity index (χ2n) is 8.24. The summed E-state index contributed by atoms with van der Waals surface area (Å²) in [7, 11) is 1.35. The van der Waals surface area contributed by atoms with E-state index in [0.29, 0.717) is 35.1 Å². The molecule has 30 heavy (non-hydrogen) atoms. The van der Waals surface area contributed by atoms with Crippen LogP contribution in [0.25, 0.3) is 0 Å². The third-order valence-electron chi connectivity index (χ3n) is 6.17. The molecule has 0 amide bonds. The maximum absolute atomic E-state index is 11.7. The molecule has 1 heterocycles. The van der Waals surface area contributed by atoms with E-state index in [-0.39, 0.29) is 6.10 Å². The molecule has 2 fully saturated rings. The highest BCUT2D eigenvalue weighted by atomic mass is 16.5. The van der Waals surface area contributed by atoms with Crippen molar-refractivity contribution in [2.75, 3.05) is 20.2 Å². The molecule has 1 aliphatic heterocycles. The van der Waals surface area contributed by atoms with Crippen molar-refractivity contribution in [2.24, 2.45) is 11.8 Å². The van der Waals surface area contributed by atoms with Crippen LogP contribution in [0.15, 0.2) is 48.5 Å². The number of carbonyl (C=O) groups excluding carboxylic acids is 1. The van der Waals surface area contributed by atoms with E-state index in [1.807, 2.05) is 18.2 Å². The summed E-state index contributed by atoms with van der Waals surface area (Å²) in [5, 5.41) is 19.8. The minimum Gasteiger partial charge on any atom is -0.488 e. The van der Waals surface area contributed by atoms with Gasteiger partial charge in [0.15, 0.2) is 0 Å². The van der Waals surface area contributed by atoms with Crippen molar-refractivity contribution in [1.82, 2.24) is 4.90 Å². The molecular weight excluding hydrogens is 380 g/mol. The number of fused-ring (bicyclic) bond motifs is 1. The van der Waals surface area contributed by atoms with Crippen molar-refractivity contribution in [1.29, 1.82) is 5.26 Å². The zero-order chi connectivity index (χ0) is 21.1. The average molecular weight is 406 g/mol. The number of ether oxygens (including phenoxy) is 2. The lowest BCUT2D eigenvalue weighted by molar-refractivity contribution is -0.0231. The molecule has 1 saturated carbocycles. The van der Waals surface area contributed by atoms with Crippen LogP contribution < -0.4 is 4.74 Å². The first-order valence-corrected chi connectivity index (χ1v) is 10.3. The molecule has 1 saturated heterocycles. The maximum Gasteiger partial charge on any atom is 0.337 e. The molecule has 0 spiro atoms. The molecule has 1 N–H and O–H groups in total. The number of nitriles is 1. The molecule has 2 aliphatic rings. The smallest absolute Gasteiger partial charge is 0.337 e. The van der Waals surface area contributed by atoms with Crippen molar-refractivity contribution < 1.29 is 19.4 Å². The van der Waals surface area contributed by atoms with Gasteiger partial charge in [-0.2, -0.15) is 5.26 Å². The summed E-state index contributed by atoms with van der Waals surface area (Å²) in [5.74, 6) is 1.07. The summed E-state index contributed by atoms with van der Waals surface area (Å²) >= 11 is 0. The molecule has 0 aromatic heterocycles. The predicted octanol–water partition coefficient (Wildman–Crippen LogP) is 3.00. The Bertz CT molecular complexity index is 954. The summed E-state index contributed by atoms with van der Waals surface area (Å²) in [6, 6.07) is 16.8. The molecule has 0 bridgehead atoms. The molecule has 2 aromatic carbocycles. The Morgan fingerprint density at radius 1 is 1.17 bits per heavy atom. The lowest BCUT2D eigenvalue weighted by atomic mass is 9.78. The van der Waals surface area contributed by atoms with Crippen molar-refractivity contribution >= 4 is 5.97 Å². The third kappa shape index (κ3) is 4.48. The van der Waals surface area contributed by atoms with Crippen molar-refractivity contribution in [3.8, 4) is 11.8 Å². The number of carbonyl (C=O) groups is 1. The molecule has 6 heteroatoms. The van der Waals surface area contributed by atoms with Gasteiger partial charge in [0.25, 0.3) is 0 Å². The first kappa shape index (κ1) is 20.4. The van der Waals surface area contributed by atoms with E-state index in [4.69, 9.17) is 14.7 Å². The fraction of sp³-hybridized carbons (Fsp3) is 0.417. The Labute approximate surface area is 176 Å². The quantitative estimate of drug-likeness (QED) is 0.769. The number of esters is 1. The number of aliphatic hydroxyl groups excluding tert-OH is 1. The first-order chi connectivity index (χ1) is 14.6.